The maximum atomic E-state index is 5.84. The number of nitrogens with zero attached hydrogens (tertiary/aromatic N) is 2. The smallest absolute Gasteiger partial charge is 0.213 e. The maximum Gasteiger partial charge on any atom is 0.213 e. The Morgan fingerprint density at radius 2 is 2.05 bits per heavy atom. The van der Waals surface area contributed by atoms with Crippen molar-refractivity contribution in [3.8, 4) is 5.88 Å². The molecule has 0 radical (unpaired) electrons. The second-order valence-corrected chi connectivity index (χ2v) is 4.55. The van der Waals surface area contributed by atoms with Crippen molar-refractivity contribution in [1.82, 2.24) is 4.98 Å². The van der Waals surface area contributed by atoms with Gasteiger partial charge in [0.2, 0.25) is 5.88 Å². The second-order valence-electron chi connectivity index (χ2n) is 4.55. The lowest BCUT2D eigenvalue weighted by molar-refractivity contribution is 0.305. The summed E-state index contributed by atoms with van der Waals surface area (Å²) in [5.41, 5.74) is 7.74. The Balaban J connectivity index is 1.87. The minimum absolute atomic E-state index is 0.382. The number of ether oxygens (including phenoxy) is 1. The molecule has 1 aromatic carbocycles. The number of aromatic nitrogens is 1. The standard InChI is InChI=1S/C16H20N4O/c1-2-10-21-15-9-8-13(11-18-15)12-19-16(17)20-14-6-4-3-5-7-14/h3-9,11H,2,10,12H2,1H3,(H3,17,19,20). The molecule has 0 aliphatic rings. The van der Waals surface area contributed by atoms with Crippen LogP contribution in [0.2, 0.25) is 0 Å². The Morgan fingerprint density at radius 3 is 2.71 bits per heavy atom. The minimum Gasteiger partial charge on any atom is -0.478 e. The van der Waals surface area contributed by atoms with Crippen LogP contribution in [0, 0.1) is 0 Å². The molecule has 21 heavy (non-hydrogen) atoms. The van der Waals surface area contributed by atoms with Crippen molar-refractivity contribution in [3.05, 3.63) is 54.2 Å². The van der Waals surface area contributed by atoms with Gasteiger partial charge in [0, 0.05) is 18.0 Å². The molecule has 2 rings (SSSR count). The molecular formula is C16H20N4O. The summed E-state index contributed by atoms with van der Waals surface area (Å²) in [6, 6.07) is 13.5. The van der Waals surface area contributed by atoms with Crippen LogP contribution in [-0.2, 0) is 6.54 Å². The summed E-state index contributed by atoms with van der Waals surface area (Å²) in [5, 5.41) is 3.03. The first kappa shape index (κ1) is 14.8. The second kappa shape index (κ2) is 7.89. The first-order chi connectivity index (χ1) is 10.3. The van der Waals surface area contributed by atoms with Crippen LogP contribution in [0.3, 0.4) is 0 Å². The van der Waals surface area contributed by atoms with Crippen LogP contribution in [0.15, 0.2) is 53.7 Å². The Hall–Kier alpha value is -2.56. The van der Waals surface area contributed by atoms with E-state index < -0.39 is 0 Å². The average Bonchev–Trinajstić information content (AvgIpc) is 2.53. The van der Waals surface area contributed by atoms with Crippen LogP contribution < -0.4 is 15.8 Å². The van der Waals surface area contributed by atoms with Crippen LogP contribution in [0.25, 0.3) is 0 Å². The average molecular weight is 284 g/mol. The Bertz CT molecular complexity index is 567. The first-order valence-corrected chi connectivity index (χ1v) is 6.97. The van der Waals surface area contributed by atoms with Gasteiger partial charge >= 0.3 is 0 Å². The number of rotatable bonds is 6. The number of para-hydroxylation sites is 1. The summed E-state index contributed by atoms with van der Waals surface area (Å²) in [5.74, 6) is 1.02. The van der Waals surface area contributed by atoms with E-state index in [1.54, 1.807) is 6.20 Å². The molecule has 0 spiro atoms. The molecule has 0 unspecified atom stereocenters. The zero-order chi connectivity index (χ0) is 14.9. The fourth-order valence-electron chi connectivity index (χ4n) is 1.68. The third-order valence-electron chi connectivity index (χ3n) is 2.73. The number of guanidine groups is 1. The van der Waals surface area contributed by atoms with Gasteiger partial charge in [-0.05, 0) is 24.1 Å². The summed E-state index contributed by atoms with van der Waals surface area (Å²) < 4.78 is 5.43. The topological polar surface area (TPSA) is 72.5 Å². The van der Waals surface area contributed by atoms with Crippen molar-refractivity contribution in [2.75, 3.05) is 11.9 Å². The van der Waals surface area contributed by atoms with E-state index in [4.69, 9.17) is 10.5 Å². The van der Waals surface area contributed by atoms with Crippen molar-refractivity contribution in [2.24, 2.45) is 10.7 Å². The summed E-state index contributed by atoms with van der Waals surface area (Å²) in [4.78, 5) is 8.51. The van der Waals surface area contributed by atoms with Gasteiger partial charge in [0.05, 0.1) is 13.2 Å². The van der Waals surface area contributed by atoms with Crippen LogP contribution in [0.1, 0.15) is 18.9 Å². The predicted octanol–water partition coefficient (Wildman–Crippen LogP) is 2.80. The molecule has 0 bridgehead atoms. The van der Waals surface area contributed by atoms with Gasteiger partial charge in [0.1, 0.15) is 0 Å². The van der Waals surface area contributed by atoms with Crippen LogP contribution >= 0.6 is 0 Å². The van der Waals surface area contributed by atoms with Crippen molar-refractivity contribution < 1.29 is 4.74 Å². The molecule has 110 valence electrons. The molecule has 0 fully saturated rings. The van der Waals surface area contributed by atoms with Gasteiger partial charge in [-0.25, -0.2) is 9.98 Å². The van der Waals surface area contributed by atoms with Crippen molar-refractivity contribution in [2.45, 2.75) is 19.9 Å². The molecule has 0 atom stereocenters. The maximum absolute atomic E-state index is 5.84. The SMILES string of the molecule is CCCOc1ccc(CN=C(N)Nc2ccccc2)cn1. The highest BCUT2D eigenvalue weighted by molar-refractivity contribution is 5.92. The molecule has 0 aliphatic heterocycles. The highest BCUT2D eigenvalue weighted by Crippen LogP contribution is 2.09. The summed E-state index contributed by atoms with van der Waals surface area (Å²) in [7, 11) is 0. The molecular weight excluding hydrogens is 264 g/mol. The van der Waals surface area contributed by atoms with E-state index >= 15 is 0 Å². The molecule has 0 amide bonds. The van der Waals surface area contributed by atoms with E-state index in [2.05, 4.69) is 22.2 Å². The largest absolute Gasteiger partial charge is 0.478 e. The normalized spacial score (nSPS) is 11.2. The lowest BCUT2D eigenvalue weighted by Gasteiger charge is -2.06. The number of nitrogens with one attached hydrogen (secondary N) is 1. The van der Waals surface area contributed by atoms with Gasteiger partial charge in [-0.15, -0.1) is 0 Å². The number of hydrogen-bond acceptors (Lipinski definition) is 3. The molecule has 1 aromatic heterocycles. The molecule has 5 heteroatoms. The minimum atomic E-state index is 0.382. The zero-order valence-corrected chi connectivity index (χ0v) is 12.1. The van der Waals surface area contributed by atoms with Gasteiger partial charge in [-0.3, -0.25) is 0 Å². The van der Waals surface area contributed by atoms with Gasteiger partial charge in [-0.2, -0.15) is 0 Å². The molecule has 0 saturated carbocycles. The van der Waals surface area contributed by atoms with Gasteiger partial charge < -0.3 is 15.8 Å². The highest BCUT2D eigenvalue weighted by Gasteiger charge is 1.97. The molecule has 5 nitrogen and oxygen atoms in total. The van der Waals surface area contributed by atoms with Crippen LogP contribution in [0.5, 0.6) is 5.88 Å². The fourth-order valence-corrected chi connectivity index (χ4v) is 1.68. The zero-order valence-electron chi connectivity index (χ0n) is 12.1. The van der Waals surface area contributed by atoms with E-state index in [1.807, 2.05) is 42.5 Å². The van der Waals surface area contributed by atoms with E-state index in [9.17, 15) is 0 Å². The number of nitrogens with two attached hydrogens (primary N) is 1. The summed E-state index contributed by atoms with van der Waals surface area (Å²) in [6.07, 6.45) is 2.72. The Kier molecular flexibility index (Phi) is 5.58. The summed E-state index contributed by atoms with van der Waals surface area (Å²) in [6.45, 7) is 3.22. The van der Waals surface area contributed by atoms with Crippen molar-refractivity contribution in [1.29, 1.82) is 0 Å². The van der Waals surface area contributed by atoms with Gasteiger partial charge in [-0.1, -0.05) is 31.2 Å². The van der Waals surface area contributed by atoms with Crippen LogP contribution in [-0.4, -0.2) is 17.6 Å². The highest BCUT2D eigenvalue weighted by atomic mass is 16.5. The molecule has 3 N–H and O–H groups in total. The van der Waals surface area contributed by atoms with E-state index in [1.165, 1.54) is 0 Å². The van der Waals surface area contributed by atoms with Crippen molar-refractivity contribution in [3.63, 3.8) is 0 Å². The van der Waals surface area contributed by atoms with E-state index in [-0.39, 0.29) is 0 Å². The number of hydrogen-bond donors (Lipinski definition) is 2. The lowest BCUT2D eigenvalue weighted by Crippen LogP contribution is -2.22. The van der Waals surface area contributed by atoms with E-state index in [0.717, 1.165) is 17.7 Å². The number of pyridine rings is 1. The molecule has 2 aromatic rings. The first-order valence-electron chi connectivity index (χ1n) is 6.97. The number of benzene rings is 1. The lowest BCUT2D eigenvalue weighted by atomic mass is 10.3. The van der Waals surface area contributed by atoms with Gasteiger partial charge in [0.25, 0.3) is 0 Å². The quantitative estimate of drug-likeness (QED) is 0.632. The van der Waals surface area contributed by atoms with Crippen LogP contribution in [0.4, 0.5) is 5.69 Å². The third kappa shape index (κ3) is 5.14. The monoisotopic (exact) mass is 284 g/mol. The number of aliphatic imine (C=N–C) groups is 1. The Labute approximate surface area is 124 Å². The predicted molar refractivity (Wildman–Crippen MR) is 85.4 cm³/mol. The third-order valence-corrected chi connectivity index (χ3v) is 2.73. The molecule has 1 heterocycles. The summed E-state index contributed by atoms with van der Waals surface area (Å²) >= 11 is 0. The molecule has 0 aliphatic carbocycles. The number of anilines is 1. The molecule has 0 saturated heterocycles. The van der Waals surface area contributed by atoms with E-state index in [0.29, 0.717) is 25.0 Å². The Morgan fingerprint density at radius 1 is 1.24 bits per heavy atom. The fraction of sp³-hybridized carbons (Fsp3) is 0.250. The van der Waals surface area contributed by atoms with Gasteiger partial charge in [0.15, 0.2) is 5.96 Å². The van der Waals surface area contributed by atoms with Crippen molar-refractivity contribution >= 4 is 11.6 Å².